The third kappa shape index (κ3) is 5.06. The molecule has 1 fully saturated rings. The van der Waals surface area contributed by atoms with Crippen molar-refractivity contribution in [2.24, 2.45) is 0 Å². The molecule has 1 aliphatic rings. The summed E-state index contributed by atoms with van der Waals surface area (Å²) in [4.78, 5) is 19.4. The number of nitrogens with one attached hydrogen (secondary N) is 3. The first kappa shape index (κ1) is 24.7. The average molecular weight is 626 g/mol. The number of aromatic amines is 2. The fourth-order valence-electron chi connectivity index (χ4n) is 4.38. The van der Waals surface area contributed by atoms with Crippen LogP contribution in [0.1, 0.15) is 5.56 Å². The number of nitrogens with zero attached hydrogens (tertiary/aromatic N) is 5. The van der Waals surface area contributed by atoms with Crippen LogP contribution in [-0.2, 0) is 11.3 Å². The standard InChI is InChI=1S/C26H24FIN8O2/c1-37-22-13-29-24(17-11-16(28)3-4-18(17)27)34-25(22)33-21-12-30-35-23(21)26-31-19-5-2-15(10-20(19)32-26)14-36-6-8-38-9-7-36/h2-5,10-13H,6-9,14H2,1H3,(H,30,35)(H,31,32)(H,29,33,34). The zero-order valence-corrected chi connectivity index (χ0v) is 22.6. The van der Waals surface area contributed by atoms with E-state index in [0.717, 1.165) is 47.5 Å². The summed E-state index contributed by atoms with van der Waals surface area (Å²) in [6.07, 6.45) is 3.22. The number of morpholine rings is 1. The van der Waals surface area contributed by atoms with Gasteiger partial charge in [-0.15, -0.1) is 0 Å². The summed E-state index contributed by atoms with van der Waals surface area (Å²) in [7, 11) is 1.53. The Bertz CT molecular complexity index is 1600. The Labute approximate surface area is 231 Å². The summed E-state index contributed by atoms with van der Waals surface area (Å²) in [6.45, 7) is 4.24. The van der Waals surface area contributed by atoms with E-state index in [-0.39, 0.29) is 5.82 Å². The molecule has 3 aromatic heterocycles. The number of methoxy groups -OCH3 is 1. The molecular weight excluding hydrogens is 602 g/mol. The molecule has 0 saturated carbocycles. The van der Waals surface area contributed by atoms with Gasteiger partial charge in [0, 0.05) is 29.4 Å². The smallest absolute Gasteiger partial charge is 0.179 e. The van der Waals surface area contributed by atoms with Crippen LogP contribution in [0.15, 0.2) is 48.8 Å². The minimum atomic E-state index is -0.402. The molecule has 5 aromatic rings. The Kier molecular flexibility index (Phi) is 6.91. The zero-order chi connectivity index (χ0) is 26.1. The molecule has 0 atom stereocenters. The Morgan fingerprint density at radius 1 is 1.16 bits per heavy atom. The molecule has 3 N–H and O–H groups in total. The van der Waals surface area contributed by atoms with E-state index < -0.39 is 5.82 Å². The van der Waals surface area contributed by atoms with Gasteiger partial charge in [0.1, 0.15) is 5.82 Å². The second-order valence-corrected chi connectivity index (χ2v) is 10.1. The van der Waals surface area contributed by atoms with Gasteiger partial charge in [0.05, 0.1) is 48.8 Å². The number of hydrogen-bond acceptors (Lipinski definition) is 8. The maximum Gasteiger partial charge on any atom is 0.179 e. The maximum absolute atomic E-state index is 14.5. The third-order valence-electron chi connectivity index (χ3n) is 6.32. The number of rotatable bonds is 7. The van der Waals surface area contributed by atoms with Crippen molar-refractivity contribution in [3.8, 4) is 28.7 Å². The minimum Gasteiger partial charge on any atom is -0.491 e. The average Bonchev–Trinajstić information content (AvgIpc) is 3.57. The van der Waals surface area contributed by atoms with Crippen LogP contribution in [0.5, 0.6) is 5.75 Å². The monoisotopic (exact) mass is 626 g/mol. The fraction of sp³-hybridized carbons (Fsp3) is 0.231. The molecule has 1 aliphatic heterocycles. The molecular formula is C26H24FIN8O2. The molecule has 1 saturated heterocycles. The van der Waals surface area contributed by atoms with Crippen LogP contribution in [0.2, 0.25) is 0 Å². The first-order valence-corrected chi connectivity index (χ1v) is 13.1. The highest BCUT2D eigenvalue weighted by molar-refractivity contribution is 14.1. The maximum atomic E-state index is 14.5. The number of aromatic nitrogens is 6. The van der Waals surface area contributed by atoms with Crippen molar-refractivity contribution < 1.29 is 13.9 Å². The van der Waals surface area contributed by atoms with Crippen LogP contribution < -0.4 is 10.1 Å². The van der Waals surface area contributed by atoms with Gasteiger partial charge in [-0.2, -0.15) is 5.10 Å². The van der Waals surface area contributed by atoms with E-state index in [2.05, 4.69) is 70.1 Å². The summed E-state index contributed by atoms with van der Waals surface area (Å²) in [5, 5.41) is 10.6. The fourth-order valence-corrected chi connectivity index (χ4v) is 4.87. The summed E-state index contributed by atoms with van der Waals surface area (Å²) < 4.78 is 26.3. The second kappa shape index (κ2) is 10.6. The molecule has 0 bridgehead atoms. The normalized spacial score (nSPS) is 14.2. The zero-order valence-electron chi connectivity index (χ0n) is 20.5. The van der Waals surface area contributed by atoms with Gasteiger partial charge in [-0.3, -0.25) is 10.00 Å². The lowest BCUT2D eigenvalue weighted by Gasteiger charge is -2.26. The van der Waals surface area contributed by atoms with E-state index in [1.54, 1.807) is 18.3 Å². The molecule has 0 amide bonds. The predicted octanol–water partition coefficient (Wildman–Crippen LogP) is 4.74. The van der Waals surface area contributed by atoms with Gasteiger partial charge >= 0.3 is 0 Å². The van der Waals surface area contributed by atoms with Gasteiger partial charge in [-0.05, 0) is 58.5 Å². The topological polar surface area (TPSA) is 117 Å². The lowest BCUT2D eigenvalue weighted by molar-refractivity contribution is 0.0342. The van der Waals surface area contributed by atoms with E-state index in [1.807, 2.05) is 6.07 Å². The Morgan fingerprint density at radius 3 is 2.87 bits per heavy atom. The highest BCUT2D eigenvalue weighted by Crippen LogP contribution is 2.33. The van der Waals surface area contributed by atoms with E-state index in [1.165, 1.54) is 24.9 Å². The van der Waals surface area contributed by atoms with Crippen LogP contribution in [0, 0.1) is 9.39 Å². The van der Waals surface area contributed by atoms with Gasteiger partial charge in [0.25, 0.3) is 0 Å². The lowest BCUT2D eigenvalue weighted by Crippen LogP contribution is -2.35. The van der Waals surface area contributed by atoms with Crippen molar-refractivity contribution in [2.45, 2.75) is 6.54 Å². The second-order valence-electron chi connectivity index (χ2n) is 8.83. The molecule has 0 unspecified atom stereocenters. The number of H-pyrrole nitrogens is 2. The van der Waals surface area contributed by atoms with Gasteiger partial charge in [0.2, 0.25) is 0 Å². The summed E-state index contributed by atoms with van der Waals surface area (Å²) in [5.41, 5.74) is 4.48. The summed E-state index contributed by atoms with van der Waals surface area (Å²) >= 11 is 2.13. The van der Waals surface area contributed by atoms with Crippen LogP contribution in [0.4, 0.5) is 15.9 Å². The van der Waals surface area contributed by atoms with Gasteiger partial charge < -0.3 is 19.8 Å². The number of halogens is 2. The van der Waals surface area contributed by atoms with Gasteiger partial charge in [-0.1, -0.05) is 6.07 Å². The first-order valence-electron chi connectivity index (χ1n) is 12.0. The number of hydrogen-bond donors (Lipinski definition) is 3. The predicted molar refractivity (Wildman–Crippen MR) is 150 cm³/mol. The number of anilines is 2. The van der Waals surface area contributed by atoms with Gasteiger partial charge in [-0.25, -0.2) is 19.3 Å². The number of ether oxygens (including phenoxy) is 2. The number of imidazole rings is 1. The van der Waals surface area contributed by atoms with E-state index in [0.29, 0.717) is 34.3 Å². The minimum absolute atomic E-state index is 0.242. The molecule has 0 aliphatic carbocycles. The molecule has 2 aromatic carbocycles. The summed E-state index contributed by atoms with van der Waals surface area (Å²) in [6, 6.07) is 11.0. The van der Waals surface area contributed by atoms with Crippen LogP contribution in [0.25, 0.3) is 33.9 Å². The van der Waals surface area contributed by atoms with Crippen molar-refractivity contribution in [2.75, 3.05) is 38.7 Å². The first-order chi connectivity index (χ1) is 18.6. The summed E-state index contributed by atoms with van der Waals surface area (Å²) in [5.74, 6) is 1.22. The van der Waals surface area contributed by atoms with E-state index in [4.69, 9.17) is 14.5 Å². The van der Waals surface area contributed by atoms with Crippen molar-refractivity contribution in [3.63, 3.8) is 0 Å². The van der Waals surface area contributed by atoms with Crippen LogP contribution >= 0.6 is 22.6 Å². The number of benzene rings is 2. The van der Waals surface area contributed by atoms with Gasteiger partial charge in [0.15, 0.2) is 28.9 Å². The molecule has 12 heteroatoms. The Hall–Kier alpha value is -3.62. The molecule has 194 valence electrons. The largest absolute Gasteiger partial charge is 0.491 e. The number of fused-ring (bicyclic) bond motifs is 1. The highest BCUT2D eigenvalue weighted by Gasteiger charge is 2.18. The SMILES string of the molecule is COc1cnc(-c2cc(I)ccc2F)nc1Nc1c[nH]nc1-c1nc2cc(CN3CCOCC3)ccc2[nH]1. The molecule has 4 heterocycles. The van der Waals surface area contributed by atoms with Crippen LogP contribution in [-0.4, -0.2) is 68.4 Å². The van der Waals surface area contributed by atoms with E-state index >= 15 is 0 Å². The molecule has 38 heavy (non-hydrogen) atoms. The Morgan fingerprint density at radius 2 is 2.03 bits per heavy atom. The quantitative estimate of drug-likeness (QED) is 0.222. The Balaban J connectivity index is 1.29. The molecule has 10 nitrogen and oxygen atoms in total. The van der Waals surface area contributed by atoms with Crippen molar-refractivity contribution in [3.05, 3.63) is 63.7 Å². The highest BCUT2D eigenvalue weighted by atomic mass is 127. The van der Waals surface area contributed by atoms with Crippen LogP contribution in [0.3, 0.4) is 0 Å². The molecule has 6 rings (SSSR count). The van der Waals surface area contributed by atoms with Crippen molar-refractivity contribution >= 4 is 45.1 Å². The molecule has 0 radical (unpaired) electrons. The van der Waals surface area contributed by atoms with E-state index in [9.17, 15) is 4.39 Å². The third-order valence-corrected chi connectivity index (χ3v) is 6.99. The lowest BCUT2D eigenvalue weighted by atomic mass is 10.2. The van der Waals surface area contributed by atoms with Crippen molar-refractivity contribution in [1.29, 1.82) is 0 Å². The molecule has 0 spiro atoms. The van der Waals surface area contributed by atoms with Crippen molar-refractivity contribution in [1.82, 2.24) is 35.0 Å².